The van der Waals surface area contributed by atoms with Crippen LogP contribution in [0.25, 0.3) is 15.2 Å². The van der Waals surface area contributed by atoms with E-state index in [1.54, 1.807) is 10.5 Å². The first-order valence-electron chi connectivity index (χ1n) is 10.7. The van der Waals surface area contributed by atoms with Gasteiger partial charge in [-0.05, 0) is 48.5 Å². The summed E-state index contributed by atoms with van der Waals surface area (Å²) in [5, 5.41) is 12.4. The lowest BCUT2D eigenvalue weighted by Gasteiger charge is -2.06. The van der Waals surface area contributed by atoms with Crippen molar-refractivity contribution < 1.29 is 4.74 Å². The molecule has 10 heteroatoms. The van der Waals surface area contributed by atoms with Gasteiger partial charge >= 0.3 is 0 Å². The van der Waals surface area contributed by atoms with Crippen LogP contribution in [0.3, 0.4) is 0 Å². The Hall–Kier alpha value is -3.73. The van der Waals surface area contributed by atoms with Gasteiger partial charge in [-0.15, -0.1) is 10.2 Å². The van der Waals surface area contributed by atoms with Gasteiger partial charge in [0.15, 0.2) is 9.30 Å². The normalized spacial score (nSPS) is 11.2. The summed E-state index contributed by atoms with van der Waals surface area (Å²) >= 11 is 4.48. The molecule has 0 fully saturated rings. The van der Waals surface area contributed by atoms with Crippen molar-refractivity contribution in [2.45, 2.75) is 10.1 Å². The predicted molar refractivity (Wildman–Crippen MR) is 143 cm³/mol. The van der Waals surface area contributed by atoms with Crippen LogP contribution in [0.15, 0.2) is 94.1 Å². The summed E-state index contributed by atoms with van der Waals surface area (Å²) in [6.07, 6.45) is 0. The maximum atomic E-state index is 12.7. The molecule has 0 amide bonds. The van der Waals surface area contributed by atoms with Crippen molar-refractivity contribution in [3.8, 4) is 11.5 Å². The fourth-order valence-corrected chi connectivity index (χ4v) is 6.22. The van der Waals surface area contributed by atoms with E-state index >= 15 is 0 Å². The van der Waals surface area contributed by atoms with Crippen molar-refractivity contribution in [3.05, 3.63) is 101 Å². The highest BCUT2D eigenvalue weighted by Gasteiger charge is 2.11. The van der Waals surface area contributed by atoms with Crippen molar-refractivity contribution >= 4 is 60.4 Å². The molecule has 7 nitrogen and oxygen atoms in total. The molecule has 3 heterocycles. The summed E-state index contributed by atoms with van der Waals surface area (Å²) < 4.78 is 9.34. The Morgan fingerprint density at radius 1 is 0.886 bits per heavy atom. The van der Waals surface area contributed by atoms with Crippen LogP contribution in [0.5, 0.6) is 11.5 Å². The van der Waals surface area contributed by atoms with Crippen LogP contribution in [-0.4, -0.2) is 19.6 Å². The second-order valence-corrected chi connectivity index (χ2v) is 10.7. The predicted octanol–water partition coefficient (Wildman–Crippen LogP) is 6.59. The zero-order valence-electron chi connectivity index (χ0n) is 18.1. The van der Waals surface area contributed by atoms with E-state index in [9.17, 15) is 4.79 Å². The molecule has 172 valence electrons. The molecule has 3 aromatic heterocycles. The van der Waals surface area contributed by atoms with Crippen LogP contribution >= 0.6 is 34.4 Å². The molecule has 6 rings (SSSR count). The van der Waals surface area contributed by atoms with Crippen molar-refractivity contribution in [2.75, 3.05) is 5.32 Å². The zero-order valence-corrected chi connectivity index (χ0v) is 20.6. The van der Waals surface area contributed by atoms with Gasteiger partial charge in [0.2, 0.25) is 5.13 Å². The summed E-state index contributed by atoms with van der Waals surface area (Å²) in [5.74, 6) is 2.09. The molecule has 0 atom stereocenters. The largest absolute Gasteiger partial charge is 0.457 e. The first kappa shape index (κ1) is 21.8. The lowest BCUT2D eigenvalue weighted by molar-refractivity contribution is 0.483. The van der Waals surface area contributed by atoms with Gasteiger partial charge in [0.05, 0.1) is 15.9 Å². The lowest BCUT2D eigenvalue weighted by atomic mass is 10.3. The third-order valence-electron chi connectivity index (χ3n) is 5.08. The van der Waals surface area contributed by atoms with E-state index in [0.717, 1.165) is 37.4 Å². The standard InChI is InChI=1S/C25H17N5O2S3/c31-22-14-17(27-24-30(22)20-8-4-5-9-21(20)34-24)15-33-25-29-28-23(35-25)26-16-10-12-19(13-11-16)32-18-6-2-1-3-7-18/h1-14H,15H2,(H,26,28). The van der Waals surface area contributed by atoms with Gasteiger partial charge in [0, 0.05) is 17.5 Å². The first-order chi connectivity index (χ1) is 17.2. The number of rotatable bonds is 7. The molecule has 0 aliphatic carbocycles. The number of nitrogens with one attached hydrogen (secondary N) is 1. The van der Waals surface area contributed by atoms with E-state index in [2.05, 4.69) is 15.5 Å². The van der Waals surface area contributed by atoms with Gasteiger partial charge < -0.3 is 10.1 Å². The van der Waals surface area contributed by atoms with E-state index in [4.69, 9.17) is 9.72 Å². The number of hydrogen-bond acceptors (Lipinski definition) is 9. The summed E-state index contributed by atoms with van der Waals surface area (Å²) in [6, 6.07) is 26.8. The Kier molecular flexibility index (Phi) is 5.91. The van der Waals surface area contributed by atoms with Gasteiger partial charge in [-0.3, -0.25) is 9.20 Å². The van der Waals surface area contributed by atoms with Gasteiger partial charge in [-0.1, -0.05) is 64.8 Å². The third-order valence-corrected chi connectivity index (χ3v) is 8.11. The number of aromatic nitrogens is 4. The molecule has 0 saturated heterocycles. The Balaban J connectivity index is 1.11. The number of nitrogens with zero attached hydrogens (tertiary/aromatic N) is 4. The number of hydrogen-bond donors (Lipinski definition) is 1. The smallest absolute Gasteiger partial charge is 0.259 e. The lowest BCUT2D eigenvalue weighted by Crippen LogP contribution is -2.13. The third kappa shape index (κ3) is 4.76. The summed E-state index contributed by atoms with van der Waals surface area (Å²) in [6.45, 7) is 0. The highest BCUT2D eigenvalue weighted by molar-refractivity contribution is 8.00. The maximum absolute atomic E-state index is 12.7. The summed E-state index contributed by atoms with van der Waals surface area (Å²) in [7, 11) is 0. The van der Waals surface area contributed by atoms with Crippen LogP contribution in [0.4, 0.5) is 10.8 Å². The van der Waals surface area contributed by atoms with Crippen molar-refractivity contribution in [1.82, 2.24) is 19.6 Å². The summed E-state index contributed by atoms with van der Waals surface area (Å²) in [5.41, 5.74) is 2.44. The molecule has 0 spiro atoms. The molecular weight excluding hydrogens is 499 g/mol. The number of fused-ring (bicyclic) bond motifs is 3. The fourth-order valence-electron chi connectivity index (χ4n) is 3.51. The molecule has 0 bridgehead atoms. The van der Waals surface area contributed by atoms with Crippen LogP contribution < -0.4 is 15.6 Å². The van der Waals surface area contributed by atoms with Crippen LogP contribution in [0, 0.1) is 0 Å². The molecule has 0 aliphatic rings. The SMILES string of the molecule is O=c1cc(CSc2nnc(Nc3ccc(Oc4ccccc4)cc3)s2)nc2sc3ccccc3n12. The average Bonchev–Trinajstić information content (AvgIpc) is 3.49. The number of benzene rings is 3. The van der Waals surface area contributed by atoms with Gasteiger partial charge in [0.25, 0.3) is 5.56 Å². The summed E-state index contributed by atoms with van der Waals surface area (Å²) in [4.78, 5) is 18.1. The van der Waals surface area contributed by atoms with E-state index in [-0.39, 0.29) is 5.56 Å². The van der Waals surface area contributed by atoms with Crippen LogP contribution in [0.1, 0.15) is 5.69 Å². The number of thiazole rings is 1. The van der Waals surface area contributed by atoms with Crippen molar-refractivity contribution in [1.29, 1.82) is 0 Å². The minimum Gasteiger partial charge on any atom is -0.457 e. The highest BCUT2D eigenvalue weighted by Crippen LogP contribution is 2.31. The number of ether oxygens (including phenoxy) is 1. The highest BCUT2D eigenvalue weighted by atomic mass is 32.2. The van der Waals surface area contributed by atoms with Crippen LogP contribution in [0.2, 0.25) is 0 Å². The molecule has 0 aliphatic heterocycles. The Morgan fingerprint density at radius 2 is 1.66 bits per heavy atom. The Bertz CT molecular complexity index is 1680. The van der Waals surface area contributed by atoms with E-state index in [1.807, 2.05) is 78.9 Å². The second kappa shape index (κ2) is 9.49. The van der Waals surface area contributed by atoms with E-state index in [1.165, 1.54) is 34.4 Å². The molecule has 3 aromatic carbocycles. The molecule has 1 N–H and O–H groups in total. The maximum Gasteiger partial charge on any atom is 0.259 e. The molecule has 6 aromatic rings. The van der Waals surface area contributed by atoms with E-state index < -0.39 is 0 Å². The van der Waals surface area contributed by atoms with Gasteiger partial charge in [-0.2, -0.15) is 0 Å². The first-order valence-corrected chi connectivity index (χ1v) is 13.3. The molecular formula is C25H17N5O2S3. The second-order valence-electron chi connectivity index (χ2n) is 7.50. The van der Waals surface area contributed by atoms with Crippen LogP contribution in [-0.2, 0) is 5.75 Å². The van der Waals surface area contributed by atoms with E-state index in [0.29, 0.717) is 15.8 Å². The average molecular weight is 516 g/mol. The van der Waals surface area contributed by atoms with Crippen molar-refractivity contribution in [3.63, 3.8) is 0 Å². The number of anilines is 2. The molecule has 0 radical (unpaired) electrons. The molecule has 0 unspecified atom stereocenters. The Labute approximate surface area is 212 Å². The monoisotopic (exact) mass is 515 g/mol. The quantitative estimate of drug-likeness (QED) is 0.240. The fraction of sp³-hybridized carbons (Fsp3) is 0.0400. The minimum absolute atomic E-state index is 0.0673. The number of thioether (sulfide) groups is 1. The van der Waals surface area contributed by atoms with Gasteiger partial charge in [0.1, 0.15) is 11.5 Å². The topological polar surface area (TPSA) is 81.4 Å². The number of para-hydroxylation sites is 2. The van der Waals surface area contributed by atoms with Crippen molar-refractivity contribution in [2.24, 2.45) is 0 Å². The zero-order chi connectivity index (χ0) is 23.6. The minimum atomic E-state index is -0.0673. The van der Waals surface area contributed by atoms with Gasteiger partial charge in [-0.25, -0.2) is 4.98 Å². The molecule has 0 saturated carbocycles. The Morgan fingerprint density at radius 3 is 2.51 bits per heavy atom. The molecule has 35 heavy (non-hydrogen) atoms.